The van der Waals surface area contributed by atoms with E-state index in [1.165, 1.54) is 7.11 Å². The van der Waals surface area contributed by atoms with Crippen LogP contribution >= 0.6 is 11.8 Å². The molecule has 3 rings (SSSR count). The molecule has 0 aliphatic carbocycles. The number of carbonyl (C=O) groups is 1. The lowest BCUT2D eigenvalue weighted by atomic mass is 10.0. The number of allylic oxidation sites excluding steroid dienone is 1. The van der Waals surface area contributed by atoms with Crippen molar-refractivity contribution in [3.8, 4) is 0 Å². The molecular weight excluding hydrogens is 404 g/mol. The van der Waals surface area contributed by atoms with E-state index in [1.54, 1.807) is 0 Å². The second kappa shape index (κ2) is 7.24. The fraction of sp³-hybridized carbons (Fsp3) is 0.643. The van der Waals surface area contributed by atoms with Gasteiger partial charge in [0.2, 0.25) is 19.9 Å². The summed E-state index contributed by atoms with van der Waals surface area (Å²) in [5, 5.41) is 4.52. The van der Waals surface area contributed by atoms with Crippen LogP contribution in [0.5, 0.6) is 0 Å². The Morgan fingerprint density at radius 2 is 2.04 bits per heavy atom. The van der Waals surface area contributed by atoms with Crippen molar-refractivity contribution in [2.75, 3.05) is 40.0 Å². The van der Waals surface area contributed by atoms with Crippen molar-refractivity contribution in [2.24, 2.45) is 5.14 Å². The van der Waals surface area contributed by atoms with Gasteiger partial charge in [-0.3, -0.25) is 9.69 Å². The highest BCUT2D eigenvalue weighted by molar-refractivity contribution is 8.26. The maximum Gasteiger partial charge on any atom is 0.319 e. The van der Waals surface area contributed by atoms with Crippen LogP contribution < -0.4 is 5.14 Å². The van der Waals surface area contributed by atoms with Crippen molar-refractivity contribution in [1.29, 1.82) is 0 Å². The zero-order chi connectivity index (χ0) is 19.1. The number of sulfone groups is 1. The summed E-state index contributed by atoms with van der Waals surface area (Å²) in [6, 6.07) is 0. The molecule has 146 valence electrons. The Balaban J connectivity index is 1.93. The van der Waals surface area contributed by atoms with Crippen molar-refractivity contribution in [1.82, 2.24) is 4.90 Å². The topological polar surface area (TPSA) is 133 Å². The fourth-order valence-corrected chi connectivity index (χ4v) is 8.89. The molecule has 0 radical (unpaired) electrons. The molecule has 3 aliphatic heterocycles. The molecule has 0 spiro atoms. The minimum atomic E-state index is -4.42. The highest BCUT2D eigenvalue weighted by atomic mass is 32.3. The first-order valence-corrected chi connectivity index (χ1v) is 11.9. The van der Waals surface area contributed by atoms with Gasteiger partial charge in [0.05, 0.1) is 20.3 Å². The fourth-order valence-electron chi connectivity index (χ4n) is 3.29. The third-order valence-electron chi connectivity index (χ3n) is 4.49. The number of ether oxygens (including phenoxy) is 2. The number of methoxy groups -OCH3 is 1. The Hall–Kier alpha value is -0.920. The van der Waals surface area contributed by atoms with Gasteiger partial charge in [0.15, 0.2) is 4.24 Å². The van der Waals surface area contributed by atoms with Crippen LogP contribution in [0.2, 0.25) is 0 Å². The summed E-state index contributed by atoms with van der Waals surface area (Å²) in [5.74, 6) is -0.538. The number of hydrogen-bond donors (Lipinski definition) is 1. The molecule has 1 saturated heterocycles. The van der Waals surface area contributed by atoms with Gasteiger partial charge in [-0.25, -0.2) is 22.0 Å². The Morgan fingerprint density at radius 1 is 1.38 bits per heavy atom. The number of primary sulfonamides is 1. The number of sulfonamides is 1. The Kier molecular flexibility index (Phi) is 5.53. The van der Waals surface area contributed by atoms with Crippen molar-refractivity contribution in [3.05, 3.63) is 19.6 Å². The average Bonchev–Trinajstić information content (AvgIpc) is 3.10. The standard InChI is InChI=1S/C14H20N2O7S3/c1-22-12(17)11-8-10-9(2-3-16-4-6-23-7-5-16)14(26(15,20)21)25(18,19)13(10)24-11/h11H,2-8H2,1H3,(H2,15,20,21). The van der Waals surface area contributed by atoms with Crippen molar-refractivity contribution in [3.63, 3.8) is 0 Å². The summed E-state index contributed by atoms with van der Waals surface area (Å²) < 4.78 is 58.7. The predicted octanol–water partition coefficient (Wildman–Crippen LogP) is -0.473. The molecule has 26 heavy (non-hydrogen) atoms. The van der Waals surface area contributed by atoms with Crippen molar-refractivity contribution in [2.45, 2.75) is 18.1 Å². The van der Waals surface area contributed by atoms with Crippen LogP contribution in [-0.2, 0) is 34.1 Å². The van der Waals surface area contributed by atoms with Gasteiger partial charge in [0.1, 0.15) is 9.49 Å². The summed E-state index contributed by atoms with van der Waals surface area (Å²) in [7, 11) is -7.43. The molecular formula is C14H20N2O7S3. The molecule has 9 nitrogen and oxygen atoms in total. The van der Waals surface area contributed by atoms with Gasteiger partial charge in [-0.15, -0.1) is 0 Å². The third-order valence-corrected chi connectivity index (χ3v) is 10.1. The number of carbonyl (C=O) groups excluding carboxylic acids is 1. The van der Waals surface area contributed by atoms with E-state index in [4.69, 9.17) is 9.88 Å². The molecule has 1 atom stereocenters. The lowest BCUT2D eigenvalue weighted by Crippen LogP contribution is -2.37. The first-order valence-electron chi connectivity index (χ1n) is 7.95. The molecule has 0 bridgehead atoms. The maximum absolute atomic E-state index is 12.8. The zero-order valence-corrected chi connectivity index (χ0v) is 16.6. The zero-order valence-electron chi connectivity index (χ0n) is 14.1. The van der Waals surface area contributed by atoms with E-state index in [-0.39, 0.29) is 22.7 Å². The van der Waals surface area contributed by atoms with E-state index >= 15 is 0 Å². The molecule has 0 amide bonds. The summed E-state index contributed by atoms with van der Waals surface area (Å²) in [6.45, 7) is 3.02. The highest BCUT2D eigenvalue weighted by Gasteiger charge is 2.49. The Labute approximate surface area is 156 Å². The number of morpholine rings is 1. The van der Waals surface area contributed by atoms with E-state index in [0.29, 0.717) is 38.4 Å². The smallest absolute Gasteiger partial charge is 0.319 e. The number of hydrogen-bond acceptors (Lipinski definition) is 9. The largest absolute Gasteiger partial charge is 0.468 e. The first kappa shape index (κ1) is 19.8. The van der Waals surface area contributed by atoms with Crippen LogP contribution in [0.15, 0.2) is 19.6 Å². The lowest BCUT2D eigenvalue weighted by molar-refractivity contribution is -0.139. The summed E-state index contributed by atoms with van der Waals surface area (Å²) in [5.41, 5.74) is 0.579. The van der Waals surface area contributed by atoms with E-state index in [9.17, 15) is 21.6 Å². The van der Waals surface area contributed by atoms with Gasteiger partial charge in [0.25, 0.3) is 0 Å². The number of thioether (sulfide) groups is 1. The minimum Gasteiger partial charge on any atom is -0.468 e. The van der Waals surface area contributed by atoms with Gasteiger partial charge >= 0.3 is 5.97 Å². The van der Waals surface area contributed by atoms with Gasteiger partial charge in [-0.05, 0) is 24.0 Å². The molecule has 3 aliphatic rings. The summed E-state index contributed by atoms with van der Waals surface area (Å²) in [6.07, 6.45) is 0.335. The average molecular weight is 425 g/mol. The lowest BCUT2D eigenvalue weighted by Gasteiger charge is -2.27. The van der Waals surface area contributed by atoms with Crippen molar-refractivity contribution >= 4 is 37.6 Å². The number of nitrogens with two attached hydrogens (primary N) is 1. The molecule has 0 aromatic heterocycles. The number of nitrogens with zero attached hydrogens (tertiary/aromatic N) is 1. The molecule has 0 aromatic carbocycles. The van der Waals surface area contributed by atoms with Crippen LogP contribution in [-0.4, -0.2) is 72.9 Å². The molecule has 0 saturated carbocycles. The van der Waals surface area contributed by atoms with Crippen LogP contribution in [0.3, 0.4) is 0 Å². The van der Waals surface area contributed by atoms with Gasteiger partial charge < -0.3 is 9.47 Å². The van der Waals surface area contributed by atoms with E-state index in [2.05, 4.69) is 9.64 Å². The summed E-state index contributed by atoms with van der Waals surface area (Å²) in [4.78, 5) is 13.9. The quantitative estimate of drug-likeness (QED) is 0.581. The SMILES string of the molecule is COC(=O)C1CC2=C(S1)S(=O)(=O)C(S(N)(=O)=O)=C2CCN1CCOCC1. The van der Waals surface area contributed by atoms with E-state index in [1.807, 2.05) is 0 Å². The number of rotatable bonds is 5. The van der Waals surface area contributed by atoms with Crippen LogP contribution in [0.4, 0.5) is 0 Å². The van der Waals surface area contributed by atoms with E-state index in [0.717, 1.165) is 11.8 Å². The normalized spacial score (nSPS) is 26.3. The minimum absolute atomic E-state index is 0.0890. The molecule has 12 heteroatoms. The Bertz CT molecular complexity index is 884. The molecule has 2 N–H and O–H groups in total. The second-order valence-corrected chi connectivity index (χ2v) is 11.2. The van der Waals surface area contributed by atoms with Crippen LogP contribution in [0.25, 0.3) is 0 Å². The highest BCUT2D eigenvalue weighted by Crippen LogP contribution is 2.53. The van der Waals surface area contributed by atoms with Crippen LogP contribution in [0, 0.1) is 0 Å². The van der Waals surface area contributed by atoms with Gasteiger partial charge in [-0.1, -0.05) is 11.8 Å². The second-order valence-electron chi connectivity index (χ2n) is 6.12. The maximum atomic E-state index is 12.8. The van der Waals surface area contributed by atoms with Gasteiger partial charge in [0, 0.05) is 19.6 Å². The Morgan fingerprint density at radius 3 is 2.62 bits per heavy atom. The molecule has 0 aromatic rings. The van der Waals surface area contributed by atoms with E-state index < -0.39 is 35.3 Å². The first-order chi connectivity index (χ1) is 12.2. The van der Waals surface area contributed by atoms with Gasteiger partial charge in [-0.2, -0.15) is 0 Å². The predicted molar refractivity (Wildman–Crippen MR) is 96.0 cm³/mol. The van der Waals surface area contributed by atoms with Crippen molar-refractivity contribution < 1.29 is 31.1 Å². The molecule has 3 heterocycles. The number of esters is 1. The molecule has 1 unspecified atom stereocenters. The van der Waals surface area contributed by atoms with Crippen LogP contribution in [0.1, 0.15) is 12.8 Å². The molecule has 1 fully saturated rings. The third kappa shape index (κ3) is 3.58. The summed E-state index contributed by atoms with van der Waals surface area (Å²) >= 11 is 0.828. The monoisotopic (exact) mass is 424 g/mol.